The van der Waals surface area contributed by atoms with Gasteiger partial charge in [-0.05, 0) is 30.2 Å². The van der Waals surface area contributed by atoms with Crippen LogP contribution >= 0.6 is 0 Å². The van der Waals surface area contributed by atoms with Crippen molar-refractivity contribution in [2.24, 2.45) is 0 Å². The van der Waals surface area contributed by atoms with Crippen LogP contribution in [0.2, 0.25) is 0 Å². The molecule has 0 unspecified atom stereocenters. The Kier molecular flexibility index (Phi) is 3.77. The molecule has 1 heterocycles. The van der Waals surface area contributed by atoms with Crippen molar-refractivity contribution < 1.29 is 22.8 Å². The first kappa shape index (κ1) is 15.1. The number of phenols is 1. The van der Waals surface area contributed by atoms with Crippen LogP contribution in [0.5, 0.6) is 5.75 Å². The van der Waals surface area contributed by atoms with Gasteiger partial charge in [-0.3, -0.25) is 0 Å². The number of halogens is 3. The van der Waals surface area contributed by atoms with E-state index in [0.717, 1.165) is 12.1 Å². The van der Waals surface area contributed by atoms with Crippen molar-refractivity contribution in [1.29, 1.82) is 0 Å². The predicted molar refractivity (Wildman–Crippen MR) is 76.1 cm³/mol. The van der Waals surface area contributed by atoms with Gasteiger partial charge in [-0.15, -0.1) is 0 Å². The van der Waals surface area contributed by atoms with Gasteiger partial charge in [0.25, 0.3) is 5.89 Å². The molecule has 0 fully saturated rings. The summed E-state index contributed by atoms with van der Waals surface area (Å²) < 4.78 is 46.0. The Morgan fingerprint density at radius 3 is 2.39 bits per heavy atom. The fourth-order valence-corrected chi connectivity index (χ4v) is 2.19. The summed E-state index contributed by atoms with van der Waals surface area (Å²) in [4.78, 5) is 3.95. The molecule has 0 aliphatic carbocycles. The maximum atomic E-state index is 13.8. The molecule has 3 rings (SSSR count). The number of phenolic OH excluding ortho intramolecular Hbond substituents is 1. The highest BCUT2D eigenvalue weighted by atomic mass is 19.1. The van der Waals surface area contributed by atoms with Crippen molar-refractivity contribution >= 4 is 0 Å². The molecule has 0 spiro atoms. The predicted octanol–water partition coefficient (Wildman–Crippen LogP) is 4.09. The average Bonchev–Trinajstić information content (AvgIpc) is 2.96. The molecule has 0 saturated heterocycles. The van der Waals surface area contributed by atoms with E-state index in [4.69, 9.17) is 9.63 Å². The van der Waals surface area contributed by atoms with Crippen molar-refractivity contribution in [1.82, 2.24) is 10.1 Å². The van der Waals surface area contributed by atoms with Crippen molar-refractivity contribution in [3.63, 3.8) is 0 Å². The van der Waals surface area contributed by atoms with E-state index >= 15 is 0 Å². The summed E-state index contributed by atoms with van der Waals surface area (Å²) in [7, 11) is 0. The summed E-state index contributed by atoms with van der Waals surface area (Å²) >= 11 is 0. The standard InChI is InChI=1S/C16H11F3N2O2/c1-2-8-5-9(3-4-11(8)17)15-20-16(23-21-15)14-12(18)6-10(22)7-13(14)19/h3-7,22H,2H2,1H3. The third-order valence-corrected chi connectivity index (χ3v) is 3.35. The molecular formula is C16H11F3N2O2. The third kappa shape index (κ3) is 2.77. The number of hydrogen-bond acceptors (Lipinski definition) is 4. The number of benzene rings is 2. The van der Waals surface area contributed by atoms with Gasteiger partial charge in [0.05, 0.1) is 0 Å². The lowest BCUT2D eigenvalue weighted by atomic mass is 10.1. The largest absolute Gasteiger partial charge is 0.508 e. The lowest BCUT2D eigenvalue weighted by Crippen LogP contribution is -1.91. The Morgan fingerprint density at radius 1 is 1.04 bits per heavy atom. The molecule has 1 aromatic heterocycles. The van der Waals surface area contributed by atoms with Gasteiger partial charge < -0.3 is 9.63 Å². The molecule has 3 aromatic rings. The van der Waals surface area contributed by atoms with Crippen molar-refractivity contribution in [3.8, 4) is 28.6 Å². The van der Waals surface area contributed by atoms with E-state index in [2.05, 4.69) is 10.1 Å². The second-order valence-electron chi connectivity index (χ2n) is 4.87. The number of nitrogens with zero attached hydrogens (tertiary/aromatic N) is 2. The zero-order valence-corrected chi connectivity index (χ0v) is 12.0. The van der Waals surface area contributed by atoms with Crippen molar-refractivity contribution in [3.05, 3.63) is 53.3 Å². The lowest BCUT2D eigenvalue weighted by molar-refractivity contribution is 0.423. The van der Waals surface area contributed by atoms with E-state index in [0.29, 0.717) is 17.5 Å². The molecule has 0 saturated carbocycles. The molecule has 0 radical (unpaired) electrons. The van der Waals surface area contributed by atoms with E-state index < -0.39 is 22.9 Å². The van der Waals surface area contributed by atoms with Crippen LogP contribution in [-0.2, 0) is 6.42 Å². The normalized spacial score (nSPS) is 11.0. The number of rotatable bonds is 3. The summed E-state index contributed by atoms with van der Waals surface area (Å²) in [5.41, 5.74) is 0.410. The highest BCUT2D eigenvalue weighted by Crippen LogP contribution is 2.30. The molecule has 0 aliphatic rings. The monoisotopic (exact) mass is 320 g/mol. The number of aromatic hydroxyl groups is 1. The van der Waals surface area contributed by atoms with E-state index in [1.807, 2.05) is 0 Å². The molecule has 7 heteroatoms. The molecule has 23 heavy (non-hydrogen) atoms. The maximum absolute atomic E-state index is 13.8. The quantitative estimate of drug-likeness (QED) is 0.789. The smallest absolute Gasteiger partial charge is 0.264 e. The molecule has 4 nitrogen and oxygen atoms in total. The first-order valence-corrected chi connectivity index (χ1v) is 6.80. The fourth-order valence-electron chi connectivity index (χ4n) is 2.19. The van der Waals surface area contributed by atoms with Crippen molar-refractivity contribution in [2.75, 3.05) is 0 Å². The zero-order valence-electron chi connectivity index (χ0n) is 12.0. The van der Waals surface area contributed by atoms with E-state index in [9.17, 15) is 13.2 Å². The fraction of sp³-hybridized carbons (Fsp3) is 0.125. The Hall–Kier alpha value is -2.83. The maximum Gasteiger partial charge on any atom is 0.264 e. The summed E-state index contributed by atoms with van der Waals surface area (Å²) in [6.07, 6.45) is 0.478. The Labute approximate surface area is 129 Å². The van der Waals surface area contributed by atoms with E-state index in [1.54, 1.807) is 13.0 Å². The molecule has 118 valence electrons. The van der Waals surface area contributed by atoms with E-state index in [-0.39, 0.29) is 17.5 Å². The molecule has 0 amide bonds. The molecule has 0 atom stereocenters. The SMILES string of the molecule is CCc1cc(-c2noc(-c3c(F)cc(O)cc3F)n2)ccc1F. The van der Waals surface area contributed by atoms with Gasteiger partial charge in [-0.1, -0.05) is 12.1 Å². The summed E-state index contributed by atoms with van der Waals surface area (Å²) in [6, 6.07) is 5.76. The molecule has 0 bridgehead atoms. The van der Waals surface area contributed by atoms with Crippen LogP contribution in [-0.4, -0.2) is 15.2 Å². The van der Waals surface area contributed by atoms with E-state index in [1.165, 1.54) is 12.1 Å². The van der Waals surface area contributed by atoms with Crippen LogP contribution in [0.3, 0.4) is 0 Å². The highest BCUT2D eigenvalue weighted by Gasteiger charge is 2.20. The Bertz CT molecular complexity index is 855. The first-order chi connectivity index (χ1) is 11.0. The minimum Gasteiger partial charge on any atom is -0.508 e. The Balaban J connectivity index is 2.05. The van der Waals surface area contributed by atoms with Crippen LogP contribution < -0.4 is 0 Å². The second kappa shape index (κ2) is 5.75. The lowest BCUT2D eigenvalue weighted by Gasteiger charge is -2.01. The van der Waals surface area contributed by atoms with Gasteiger partial charge >= 0.3 is 0 Å². The minimum absolute atomic E-state index is 0.0848. The average molecular weight is 320 g/mol. The number of aryl methyl sites for hydroxylation is 1. The zero-order chi connectivity index (χ0) is 16.6. The topological polar surface area (TPSA) is 59.2 Å². The Morgan fingerprint density at radius 2 is 1.74 bits per heavy atom. The van der Waals surface area contributed by atoms with Gasteiger partial charge in [0, 0.05) is 17.7 Å². The highest BCUT2D eigenvalue weighted by molar-refractivity contribution is 5.62. The van der Waals surface area contributed by atoms with Crippen LogP contribution in [0.25, 0.3) is 22.8 Å². The van der Waals surface area contributed by atoms with Gasteiger partial charge in [0.15, 0.2) is 0 Å². The minimum atomic E-state index is -1.02. The van der Waals surface area contributed by atoms with Crippen LogP contribution in [0.1, 0.15) is 12.5 Å². The number of aromatic nitrogens is 2. The molecule has 0 aliphatic heterocycles. The van der Waals surface area contributed by atoms with Crippen molar-refractivity contribution in [2.45, 2.75) is 13.3 Å². The molecule has 1 N–H and O–H groups in total. The van der Waals surface area contributed by atoms with Gasteiger partial charge in [-0.25, -0.2) is 13.2 Å². The van der Waals surface area contributed by atoms with Crippen LogP contribution in [0, 0.1) is 17.5 Å². The first-order valence-electron chi connectivity index (χ1n) is 6.80. The number of hydrogen-bond donors (Lipinski definition) is 1. The summed E-state index contributed by atoms with van der Waals surface area (Å²) in [5.74, 6) is -3.22. The van der Waals surface area contributed by atoms with Crippen LogP contribution in [0.4, 0.5) is 13.2 Å². The third-order valence-electron chi connectivity index (χ3n) is 3.35. The van der Waals surface area contributed by atoms with Gasteiger partial charge in [-0.2, -0.15) is 4.98 Å². The molecule has 2 aromatic carbocycles. The van der Waals surface area contributed by atoms with Crippen LogP contribution in [0.15, 0.2) is 34.9 Å². The summed E-state index contributed by atoms with van der Waals surface area (Å²) in [5, 5.41) is 12.8. The van der Waals surface area contributed by atoms with Gasteiger partial charge in [0.1, 0.15) is 28.8 Å². The second-order valence-corrected chi connectivity index (χ2v) is 4.87. The molecular weight excluding hydrogens is 309 g/mol. The van der Waals surface area contributed by atoms with Gasteiger partial charge in [0.2, 0.25) is 5.82 Å². The summed E-state index contributed by atoms with van der Waals surface area (Å²) in [6.45, 7) is 1.80.